The number of ether oxygens (including phenoxy) is 1. The normalized spacial score (nSPS) is 14.7. The van der Waals surface area contributed by atoms with Crippen molar-refractivity contribution in [1.82, 2.24) is 19.9 Å². The Hall–Kier alpha value is -3.80. The highest BCUT2D eigenvalue weighted by Gasteiger charge is 2.22. The van der Waals surface area contributed by atoms with Crippen LogP contribution in [-0.4, -0.2) is 58.5 Å². The lowest BCUT2D eigenvalue weighted by atomic mass is 10.2. The molecule has 218 valence electrons. The number of carbonyl (C=O) groups is 1. The van der Waals surface area contributed by atoms with Crippen LogP contribution < -0.4 is 15.5 Å². The number of halogens is 1. The molecule has 42 heavy (non-hydrogen) atoms. The first-order valence-corrected chi connectivity index (χ1v) is 17.1. The van der Waals surface area contributed by atoms with E-state index in [1.54, 1.807) is 24.7 Å². The van der Waals surface area contributed by atoms with E-state index < -0.39 is 20.3 Å². The lowest BCUT2D eigenvalue weighted by molar-refractivity contribution is -0.118. The molecule has 1 unspecified atom stereocenters. The van der Waals surface area contributed by atoms with Crippen molar-refractivity contribution in [3.8, 4) is 5.75 Å². The Kier molecular flexibility index (Phi) is 9.51. The predicted octanol–water partition coefficient (Wildman–Crippen LogP) is 3.94. The third-order valence-corrected chi connectivity index (χ3v) is 9.74. The van der Waals surface area contributed by atoms with Crippen molar-refractivity contribution < 1.29 is 17.9 Å². The number of hydrogen-bond donors (Lipinski definition) is 1. The Balaban J connectivity index is 1.41. The molecule has 0 saturated heterocycles. The van der Waals surface area contributed by atoms with E-state index in [2.05, 4.69) is 20.2 Å². The standard InChI is InChI=1S/C30H30ClN5O4S2/c1-42(38,39)16-14-33-28(37)20-41-15-12-25-29(34-21-36(30(25)41)18-22-7-3-2-4-8-22)35-23-10-11-27(26(31)17-23)40-19-24-9-5-6-13-32-24/h2-11,13,15,17,21H,12,14,16,18-20H2,1H3,(H,33,37). The zero-order chi connectivity index (χ0) is 29.5. The van der Waals surface area contributed by atoms with Gasteiger partial charge in [0.2, 0.25) is 5.91 Å². The second-order valence-electron chi connectivity index (χ2n) is 9.73. The van der Waals surface area contributed by atoms with Crippen LogP contribution in [0.1, 0.15) is 16.8 Å². The van der Waals surface area contributed by atoms with E-state index in [1.165, 1.54) is 0 Å². The first-order chi connectivity index (χ1) is 20.2. The van der Waals surface area contributed by atoms with Gasteiger partial charge in [-0.15, -0.1) is 10.5 Å². The number of carbonyl (C=O) groups excluding carboxylic acids is 1. The van der Waals surface area contributed by atoms with Crippen molar-refractivity contribution in [2.45, 2.75) is 24.6 Å². The number of pyridine rings is 1. The molecule has 1 N–H and O–H groups in total. The lowest BCUT2D eigenvalue weighted by Crippen LogP contribution is -2.30. The van der Waals surface area contributed by atoms with Crippen LogP contribution in [0.2, 0.25) is 5.02 Å². The Morgan fingerprint density at radius 1 is 1.12 bits per heavy atom. The molecule has 2 aromatic heterocycles. The van der Waals surface area contributed by atoms with Crippen LogP contribution >= 0.6 is 22.1 Å². The predicted molar refractivity (Wildman–Crippen MR) is 166 cm³/mol. The Labute approximate surface area is 252 Å². The van der Waals surface area contributed by atoms with Crippen molar-refractivity contribution >= 4 is 48.9 Å². The summed E-state index contributed by atoms with van der Waals surface area (Å²) in [6.07, 6.45) is 5.24. The number of fused-ring (bicyclic) bond motifs is 1. The van der Waals surface area contributed by atoms with Crippen molar-refractivity contribution in [2.75, 3.05) is 24.3 Å². The van der Waals surface area contributed by atoms with Crippen LogP contribution in [0.15, 0.2) is 89.3 Å². The van der Waals surface area contributed by atoms with Crippen LogP contribution in [-0.2, 0) is 34.2 Å². The number of amides is 1. The number of sulfone groups is 1. The molecule has 0 saturated carbocycles. The molecule has 9 nitrogen and oxygen atoms in total. The zero-order valence-electron chi connectivity index (χ0n) is 22.9. The minimum absolute atomic E-state index is 0.0883. The molecule has 1 aliphatic rings. The summed E-state index contributed by atoms with van der Waals surface area (Å²) in [6, 6.07) is 21.0. The fourth-order valence-corrected chi connectivity index (χ4v) is 7.16. The molecular weight excluding hydrogens is 594 g/mol. The molecular formula is C30H30ClN5O4S2. The maximum atomic E-state index is 12.8. The average molecular weight is 624 g/mol. The quantitative estimate of drug-likeness (QED) is 0.200. The van der Waals surface area contributed by atoms with E-state index in [4.69, 9.17) is 26.3 Å². The van der Waals surface area contributed by atoms with Gasteiger partial charge in [0.1, 0.15) is 22.2 Å². The fraction of sp³-hybridized carbons (Fsp3) is 0.233. The van der Waals surface area contributed by atoms with Gasteiger partial charge in [-0.05, 0) is 35.9 Å². The van der Waals surface area contributed by atoms with E-state index in [-0.39, 0.29) is 24.0 Å². The molecule has 1 aliphatic heterocycles. The van der Waals surface area contributed by atoms with Crippen LogP contribution in [0.5, 0.6) is 5.75 Å². The van der Waals surface area contributed by atoms with Crippen molar-refractivity contribution in [1.29, 1.82) is 0 Å². The number of nitrogens with zero attached hydrogens (tertiary/aromatic N) is 4. The molecule has 2 aromatic carbocycles. The second kappa shape index (κ2) is 13.5. The molecule has 1 amide bonds. The van der Waals surface area contributed by atoms with Gasteiger partial charge in [0.05, 0.1) is 39.3 Å². The summed E-state index contributed by atoms with van der Waals surface area (Å²) in [4.78, 5) is 26.5. The van der Waals surface area contributed by atoms with Crippen LogP contribution in [0.3, 0.4) is 0 Å². The largest absolute Gasteiger partial charge is 0.486 e. The molecule has 0 spiro atoms. The van der Waals surface area contributed by atoms with Gasteiger partial charge in [0.15, 0.2) is 5.49 Å². The van der Waals surface area contributed by atoms with Gasteiger partial charge >= 0.3 is 0 Å². The highest BCUT2D eigenvalue weighted by molar-refractivity contribution is 8.15. The van der Waals surface area contributed by atoms with Gasteiger partial charge in [0.25, 0.3) is 0 Å². The Morgan fingerprint density at radius 3 is 2.67 bits per heavy atom. The van der Waals surface area contributed by atoms with Crippen LogP contribution in [0.25, 0.3) is 0 Å². The van der Waals surface area contributed by atoms with Gasteiger partial charge in [-0.2, -0.15) is 0 Å². The Morgan fingerprint density at radius 2 is 1.93 bits per heavy atom. The zero-order valence-corrected chi connectivity index (χ0v) is 25.3. The second-order valence-corrected chi connectivity index (χ2v) is 14.3. The van der Waals surface area contributed by atoms with E-state index in [9.17, 15) is 13.2 Å². The van der Waals surface area contributed by atoms with Gasteiger partial charge < -0.3 is 14.6 Å². The van der Waals surface area contributed by atoms with E-state index in [0.717, 1.165) is 28.1 Å². The molecule has 1 atom stereocenters. The van der Waals surface area contributed by atoms with Gasteiger partial charge in [0, 0.05) is 37.5 Å². The third-order valence-electron chi connectivity index (χ3n) is 6.37. The monoisotopic (exact) mass is 623 g/mol. The molecule has 0 aliphatic carbocycles. The minimum Gasteiger partial charge on any atom is -0.486 e. The molecule has 0 radical (unpaired) electrons. The highest BCUT2D eigenvalue weighted by atomic mass is 35.5. The fourth-order valence-electron chi connectivity index (χ4n) is 4.39. The third kappa shape index (κ3) is 7.93. The summed E-state index contributed by atoms with van der Waals surface area (Å²) in [6.45, 7) is 0.981. The topological polar surface area (TPSA) is 116 Å². The maximum absolute atomic E-state index is 12.8. The summed E-state index contributed by atoms with van der Waals surface area (Å²) in [5, 5.41) is 6.28. The molecule has 5 rings (SSSR count). The van der Waals surface area contributed by atoms with Crippen LogP contribution in [0, 0.1) is 0 Å². The molecule has 12 heteroatoms. The van der Waals surface area contributed by atoms with Crippen molar-refractivity contribution in [2.24, 2.45) is 4.99 Å². The SMILES string of the molecule is CS(=O)(=O)CCNC(=O)CS1=CCc2c1n(Cc1ccccc1)cnc2=Nc1ccc(OCc2ccccn2)c(Cl)c1. The van der Waals surface area contributed by atoms with Gasteiger partial charge in [-0.25, -0.2) is 18.4 Å². The van der Waals surface area contributed by atoms with E-state index in [0.29, 0.717) is 41.5 Å². The van der Waals surface area contributed by atoms with E-state index in [1.807, 2.05) is 54.6 Å². The van der Waals surface area contributed by atoms with Gasteiger partial charge in [-0.1, -0.05) is 53.4 Å². The summed E-state index contributed by atoms with van der Waals surface area (Å²) in [5.41, 5.74) is 4.05. The summed E-state index contributed by atoms with van der Waals surface area (Å²) < 4.78 is 30.8. The molecule has 0 fully saturated rings. The Bertz CT molecular complexity index is 1790. The molecule has 3 heterocycles. The maximum Gasteiger partial charge on any atom is 0.229 e. The van der Waals surface area contributed by atoms with E-state index >= 15 is 0 Å². The molecule has 4 aromatic rings. The highest BCUT2D eigenvalue weighted by Crippen LogP contribution is 2.34. The molecule has 0 bridgehead atoms. The number of benzene rings is 2. The van der Waals surface area contributed by atoms with Gasteiger partial charge in [-0.3, -0.25) is 9.78 Å². The van der Waals surface area contributed by atoms with Crippen LogP contribution in [0.4, 0.5) is 5.69 Å². The first kappa shape index (κ1) is 29.7. The summed E-state index contributed by atoms with van der Waals surface area (Å²) >= 11 is 6.53. The number of hydrogen-bond acceptors (Lipinski definition) is 7. The van der Waals surface area contributed by atoms with Crippen molar-refractivity contribution in [3.05, 3.63) is 107 Å². The lowest BCUT2D eigenvalue weighted by Gasteiger charge is -2.16. The van der Waals surface area contributed by atoms with Crippen molar-refractivity contribution in [3.63, 3.8) is 0 Å². The number of nitrogens with one attached hydrogen (secondary N) is 1. The number of aromatic nitrogens is 3. The smallest absolute Gasteiger partial charge is 0.229 e. The number of rotatable bonds is 11. The first-order valence-electron chi connectivity index (χ1n) is 13.2. The summed E-state index contributed by atoms with van der Waals surface area (Å²) in [5.74, 6) is 0.470. The summed E-state index contributed by atoms with van der Waals surface area (Å²) in [7, 11) is -3.67. The average Bonchev–Trinajstić information content (AvgIpc) is 3.38. The minimum atomic E-state index is -3.16.